The first kappa shape index (κ1) is 23.0. The number of rotatable bonds is 10. The maximum absolute atomic E-state index is 12.8. The third kappa shape index (κ3) is 6.20. The van der Waals surface area contributed by atoms with Gasteiger partial charge in [0.2, 0.25) is 5.89 Å². The van der Waals surface area contributed by atoms with Crippen LogP contribution in [0.2, 0.25) is 0 Å². The van der Waals surface area contributed by atoms with Crippen LogP contribution in [-0.2, 0) is 24.2 Å². The number of likely N-dealkylation sites (tertiary alicyclic amines) is 1. The highest BCUT2D eigenvalue weighted by molar-refractivity contribution is 5.81. The van der Waals surface area contributed by atoms with E-state index in [9.17, 15) is 4.79 Å². The summed E-state index contributed by atoms with van der Waals surface area (Å²) in [5.74, 6) is 3.01. The summed E-state index contributed by atoms with van der Waals surface area (Å²) in [6, 6.07) is 16.0. The summed E-state index contributed by atoms with van der Waals surface area (Å²) in [5.41, 5.74) is 2.23. The average molecular weight is 450 g/mol. The lowest BCUT2D eigenvalue weighted by Gasteiger charge is -2.30. The third-order valence-corrected chi connectivity index (χ3v) is 6.14. The first-order chi connectivity index (χ1) is 16.1. The van der Waals surface area contributed by atoms with Crippen molar-refractivity contribution in [2.45, 2.75) is 38.6 Å². The van der Waals surface area contributed by atoms with Gasteiger partial charge in [0.25, 0.3) is 0 Å². The molecule has 1 aliphatic rings. The molecule has 0 radical (unpaired) electrons. The highest BCUT2D eigenvalue weighted by atomic mass is 16.5. The first-order valence-electron chi connectivity index (χ1n) is 11.5. The van der Waals surface area contributed by atoms with Gasteiger partial charge in [-0.05, 0) is 49.1 Å². The summed E-state index contributed by atoms with van der Waals surface area (Å²) in [6.07, 6.45) is 3.91. The Kier molecular flexibility index (Phi) is 7.73. The van der Waals surface area contributed by atoms with Crippen molar-refractivity contribution in [2.75, 3.05) is 27.3 Å². The summed E-state index contributed by atoms with van der Waals surface area (Å²) in [5, 5.41) is 4.14. The van der Waals surface area contributed by atoms with Gasteiger partial charge in [-0.2, -0.15) is 4.98 Å². The lowest BCUT2D eigenvalue weighted by atomic mass is 9.90. The molecule has 1 saturated heterocycles. The van der Waals surface area contributed by atoms with Gasteiger partial charge in [0.15, 0.2) is 17.3 Å². The van der Waals surface area contributed by atoms with E-state index < -0.39 is 0 Å². The largest absolute Gasteiger partial charge is 0.493 e. The van der Waals surface area contributed by atoms with Gasteiger partial charge in [-0.25, -0.2) is 0 Å². The van der Waals surface area contributed by atoms with Gasteiger partial charge >= 0.3 is 0 Å². The van der Waals surface area contributed by atoms with Crippen LogP contribution >= 0.6 is 0 Å². The average Bonchev–Trinajstić information content (AvgIpc) is 3.29. The molecule has 33 heavy (non-hydrogen) atoms. The van der Waals surface area contributed by atoms with E-state index in [0.717, 1.165) is 37.9 Å². The van der Waals surface area contributed by atoms with Crippen molar-refractivity contribution in [3.8, 4) is 11.5 Å². The molecule has 0 amide bonds. The molecule has 7 nitrogen and oxygen atoms in total. The standard InChI is InChI=1S/C26H31N3O4/c1-31-23-13-11-20(15-24(23)32-2)16-25-27-26(33-28-25)18-29-14-6-9-21(17-29)22(30)12-10-19-7-4-3-5-8-19/h3-5,7-8,11,13,15,21H,6,9-10,12,14,16-18H2,1-2H3/t21-/m1/s1. The molecule has 2 heterocycles. The minimum absolute atomic E-state index is 0.0802. The Balaban J connectivity index is 1.30. The van der Waals surface area contributed by atoms with E-state index in [1.54, 1.807) is 14.2 Å². The SMILES string of the molecule is COc1ccc(Cc2noc(CN3CCC[C@@H](C(=O)CCc4ccccc4)C3)n2)cc1OC. The second-order valence-electron chi connectivity index (χ2n) is 8.50. The van der Waals surface area contributed by atoms with Gasteiger partial charge < -0.3 is 14.0 Å². The zero-order valence-corrected chi connectivity index (χ0v) is 19.3. The zero-order valence-electron chi connectivity index (χ0n) is 19.3. The van der Waals surface area contributed by atoms with Crippen molar-refractivity contribution in [3.05, 3.63) is 71.4 Å². The number of ether oxygens (including phenoxy) is 2. The minimum atomic E-state index is 0.0802. The summed E-state index contributed by atoms with van der Waals surface area (Å²) < 4.78 is 16.2. The number of benzene rings is 2. The molecule has 1 aliphatic heterocycles. The summed E-state index contributed by atoms with van der Waals surface area (Å²) in [7, 11) is 3.23. The number of methoxy groups -OCH3 is 2. The number of ketones is 1. The highest BCUT2D eigenvalue weighted by Gasteiger charge is 2.26. The zero-order chi connectivity index (χ0) is 23.0. The predicted molar refractivity (Wildman–Crippen MR) is 124 cm³/mol. The lowest BCUT2D eigenvalue weighted by molar-refractivity contribution is -0.124. The summed E-state index contributed by atoms with van der Waals surface area (Å²) in [6.45, 7) is 2.26. The Morgan fingerprint density at radius 1 is 1.09 bits per heavy atom. The summed E-state index contributed by atoms with van der Waals surface area (Å²) in [4.78, 5) is 19.6. The van der Waals surface area contributed by atoms with Gasteiger partial charge in [-0.1, -0.05) is 41.6 Å². The van der Waals surface area contributed by atoms with Crippen molar-refractivity contribution < 1.29 is 18.8 Å². The Morgan fingerprint density at radius 2 is 1.91 bits per heavy atom. The molecule has 3 aromatic rings. The number of aromatic nitrogens is 2. The van der Waals surface area contributed by atoms with Gasteiger partial charge in [0, 0.05) is 25.3 Å². The monoisotopic (exact) mass is 449 g/mol. The van der Waals surface area contributed by atoms with Crippen LogP contribution in [-0.4, -0.2) is 48.1 Å². The number of piperidine rings is 1. The number of nitrogens with zero attached hydrogens (tertiary/aromatic N) is 3. The van der Waals surface area contributed by atoms with E-state index in [0.29, 0.717) is 48.4 Å². The highest BCUT2D eigenvalue weighted by Crippen LogP contribution is 2.28. The quantitative estimate of drug-likeness (QED) is 0.461. The molecular weight excluding hydrogens is 418 g/mol. The number of hydrogen-bond acceptors (Lipinski definition) is 7. The molecule has 7 heteroatoms. The Hall–Kier alpha value is -3.19. The topological polar surface area (TPSA) is 77.7 Å². The number of carbonyl (C=O) groups excluding carboxylic acids is 1. The molecule has 0 saturated carbocycles. The molecular formula is C26H31N3O4. The molecule has 1 fully saturated rings. The second kappa shape index (κ2) is 11.1. The lowest BCUT2D eigenvalue weighted by Crippen LogP contribution is -2.38. The molecule has 174 valence electrons. The van der Waals surface area contributed by atoms with Gasteiger partial charge in [-0.15, -0.1) is 0 Å². The van der Waals surface area contributed by atoms with Gasteiger partial charge in [0.1, 0.15) is 5.78 Å². The van der Waals surface area contributed by atoms with Crippen molar-refractivity contribution >= 4 is 5.78 Å². The number of aryl methyl sites for hydroxylation is 1. The van der Waals surface area contributed by atoms with Crippen molar-refractivity contribution in [1.82, 2.24) is 15.0 Å². The van der Waals surface area contributed by atoms with E-state index in [-0.39, 0.29) is 5.92 Å². The third-order valence-electron chi connectivity index (χ3n) is 6.14. The van der Waals surface area contributed by atoms with E-state index in [4.69, 9.17) is 14.0 Å². The molecule has 0 unspecified atom stereocenters. The van der Waals surface area contributed by atoms with Crippen LogP contribution < -0.4 is 9.47 Å². The fraction of sp³-hybridized carbons (Fsp3) is 0.423. The first-order valence-corrected chi connectivity index (χ1v) is 11.5. The smallest absolute Gasteiger partial charge is 0.240 e. The van der Waals surface area contributed by atoms with Crippen LogP contribution in [0.25, 0.3) is 0 Å². The maximum Gasteiger partial charge on any atom is 0.240 e. The fourth-order valence-corrected chi connectivity index (χ4v) is 4.37. The Labute approximate surface area is 194 Å². The van der Waals surface area contributed by atoms with Gasteiger partial charge in [-0.3, -0.25) is 9.69 Å². The van der Waals surface area contributed by atoms with Crippen LogP contribution in [0.4, 0.5) is 0 Å². The number of hydrogen-bond donors (Lipinski definition) is 0. The molecule has 0 aliphatic carbocycles. The molecule has 4 rings (SSSR count). The van der Waals surface area contributed by atoms with Gasteiger partial charge in [0.05, 0.1) is 20.8 Å². The van der Waals surface area contributed by atoms with E-state index in [2.05, 4.69) is 27.2 Å². The van der Waals surface area contributed by atoms with E-state index in [1.807, 2.05) is 36.4 Å². The summed E-state index contributed by atoms with van der Waals surface area (Å²) >= 11 is 0. The number of Topliss-reactive ketones (excluding diaryl/α,β-unsaturated/α-hetero) is 1. The van der Waals surface area contributed by atoms with Crippen LogP contribution in [0, 0.1) is 5.92 Å². The molecule has 1 atom stereocenters. The van der Waals surface area contributed by atoms with Crippen LogP contribution in [0.15, 0.2) is 53.1 Å². The Bertz CT molecular complexity index is 1050. The molecule has 1 aromatic heterocycles. The molecule has 0 N–H and O–H groups in total. The van der Waals surface area contributed by atoms with Crippen molar-refractivity contribution in [3.63, 3.8) is 0 Å². The normalized spacial score (nSPS) is 16.5. The van der Waals surface area contributed by atoms with Crippen molar-refractivity contribution in [1.29, 1.82) is 0 Å². The second-order valence-corrected chi connectivity index (χ2v) is 8.50. The van der Waals surface area contributed by atoms with Crippen LogP contribution in [0.3, 0.4) is 0 Å². The van der Waals surface area contributed by atoms with E-state index >= 15 is 0 Å². The molecule has 0 spiro atoms. The van der Waals surface area contributed by atoms with Crippen molar-refractivity contribution in [2.24, 2.45) is 5.92 Å². The maximum atomic E-state index is 12.8. The molecule has 0 bridgehead atoms. The van der Waals surface area contributed by atoms with Crippen LogP contribution in [0.5, 0.6) is 11.5 Å². The minimum Gasteiger partial charge on any atom is -0.493 e. The Morgan fingerprint density at radius 3 is 2.70 bits per heavy atom. The molecule has 2 aromatic carbocycles. The van der Waals surface area contributed by atoms with Crippen LogP contribution in [0.1, 0.15) is 42.1 Å². The number of carbonyl (C=O) groups is 1. The van der Waals surface area contributed by atoms with E-state index in [1.165, 1.54) is 5.56 Å². The fourth-order valence-electron chi connectivity index (χ4n) is 4.37. The predicted octanol–water partition coefficient (Wildman–Crippen LogP) is 4.09.